The van der Waals surface area contributed by atoms with Gasteiger partial charge in [-0.15, -0.1) is 5.10 Å². The van der Waals surface area contributed by atoms with E-state index in [4.69, 9.17) is 5.73 Å². The third-order valence-electron chi connectivity index (χ3n) is 5.78. The number of hydrogen-bond donors (Lipinski definition) is 1. The third kappa shape index (κ3) is 8.18. The van der Waals surface area contributed by atoms with Crippen LogP contribution in [-0.2, 0) is 0 Å². The number of nitrogens with two attached hydrogens (primary N) is 1. The second-order valence-corrected chi connectivity index (χ2v) is 9.74. The lowest BCUT2D eigenvalue weighted by molar-refractivity contribution is -0.00618. The van der Waals surface area contributed by atoms with Gasteiger partial charge in [0.2, 0.25) is 0 Å². The van der Waals surface area contributed by atoms with Gasteiger partial charge < -0.3 is 10.6 Å². The van der Waals surface area contributed by atoms with Crippen LogP contribution in [0.4, 0.5) is 25.3 Å². The van der Waals surface area contributed by atoms with Gasteiger partial charge in [-0.25, -0.2) is 9.98 Å². The number of aliphatic imine (C=N–C) groups is 2. The fourth-order valence-corrected chi connectivity index (χ4v) is 5.05. The minimum Gasteiger partial charge on any atom is -0.383 e. The number of hydrogen-bond acceptors (Lipinski definition) is 5. The largest absolute Gasteiger partial charge is 0.383 e. The van der Waals surface area contributed by atoms with E-state index >= 15 is 0 Å². The van der Waals surface area contributed by atoms with Crippen molar-refractivity contribution in [2.75, 3.05) is 17.2 Å². The fourth-order valence-electron chi connectivity index (χ4n) is 4.15. The van der Waals surface area contributed by atoms with Crippen LogP contribution in [0.1, 0.15) is 34.2 Å². The zero-order valence-corrected chi connectivity index (χ0v) is 22.7. The summed E-state index contributed by atoms with van der Waals surface area (Å²) in [5.74, 6) is 1.47. The lowest BCUT2D eigenvalue weighted by atomic mass is 10.0. The van der Waals surface area contributed by atoms with Gasteiger partial charge in [0.15, 0.2) is 10.9 Å². The summed E-state index contributed by atoms with van der Waals surface area (Å²) in [6.45, 7) is 7.36. The number of amidine groups is 2. The molecule has 39 heavy (non-hydrogen) atoms. The standard InChI is InChI=1S/C28H29FN6OS.2FH/c1-19-15-20(2)26(21(3)16-19)35-13-4-14-37-28(35)34-33-17-22-5-7-23(8-6-22)27(30)32-18-31-24-9-11-25(36-29)12-10-24;;/h5-12,15-18H,4,13-14H2,1-3H3,(H2,30,31,32);2*1H/b33-17+,34-28-;;. The SMILES string of the molecule is Cc1cc(C)c(N2CCCS/C2=N\N=C\c2ccc(C(N)=NC=Nc3ccc(OF)cc3)cc2)c(C)c1.F.F. The number of nitrogens with zero attached hydrogens (tertiary/aromatic N) is 5. The van der Waals surface area contributed by atoms with E-state index in [0.29, 0.717) is 11.5 Å². The average molecular weight is 557 g/mol. The van der Waals surface area contributed by atoms with Crippen molar-refractivity contribution < 1.29 is 18.9 Å². The van der Waals surface area contributed by atoms with Crippen molar-refractivity contribution in [3.05, 3.63) is 88.5 Å². The first kappa shape index (κ1) is 31.1. The summed E-state index contributed by atoms with van der Waals surface area (Å²) in [6, 6.07) is 18.2. The quantitative estimate of drug-likeness (QED) is 0.202. The van der Waals surface area contributed by atoms with Gasteiger partial charge in [-0.1, -0.05) is 53.7 Å². The number of anilines is 1. The lowest BCUT2D eigenvalue weighted by Crippen LogP contribution is -2.35. The van der Waals surface area contributed by atoms with Crippen molar-refractivity contribution in [1.29, 1.82) is 0 Å². The van der Waals surface area contributed by atoms with E-state index in [1.165, 1.54) is 40.8 Å². The summed E-state index contributed by atoms with van der Waals surface area (Å²) in [5, 5.41) is 9.85. The lowest BCUT2D eigenvalue weighted by Gasteiger charge is -2.31. The van der Waals surface area contributed by atoms with Crippen molar-refractivity contribution in [3.8, 4) is 5.75 Å². The number of benzene rings is 3. The van der Waals surface area contributed by atoms with Gasteiger partial charge in [-0.05, 0) is 68.1 Å². The summed E-state index contributed by atoms with van der Waals surface area (Å²) in [5.41, 5.74) is 13.3. The van der Waals surface area contributed by atoms with Gasteiger partial charge in [0.1, 0.15) is 12.2 Å². The maximum atomic E-state index is 12.1. The van der Waals surface area contributed by atoms with Gasteiger partial charge in [0.25, 0.3) is 0 Å². The van der Waals surface area contributed by atoms with E-state index in [2.05, 4.69) is 62.9 Å². The minimum atomic E-state index is 0. The Balaban J connectivity index is 0.00000267. The molecule has 3 aromatic carbocycles. The molecule has 1 aliphatic rings. The van der Waals surface area contributed by atoms with Crippen LogP contribution in [0.15, 0.2) is 80.9 Å². The van der Waals surface area contributed by atoms with Crippen molar-refractivity contribution in [3.63, 3.8) is 0 Å². The van der Waals surface area contributed by atoms with E-state index in [0.717, 1.165) is 35.0 Å². The number of rotatable bonds is 7. The molecule has 1 saturated heterocycles. The first-order valence-corrected chi connectivity index (χ1v) is 12.9. The van der Waals surface area contributed by atoms with E-state index in [-0.39, 0.29) is 15.2 Å². The summed E-state index contributed by atoms with van der Waals surface area (Å²) < 4.78 is 12.1. The van der Waals surface area contributed by atoms with Crippen molar-refractivity contribution in [2.45, 2.75) is 27.2 Å². The normalized spacial score (nSPS) is 14.9. The number of halogens is 3. The first-order valence-electron chi connectivity index (χ1n) is 11.9. The molecule has 206 valence electrons. The summed E-state index contributed by atoms with van der Waals surface area (Å²) >= 11 is 1.73. The molecule has 3 aromatic rings. The van der Waals surface area contributed by atoms with Crippen LogP contribution in [-0.4, -0.2) is 35.9 Å². The van der Waals surface area contributed by atoms with Crippen LogP contribution >= 0.6 is 11.8 Å². The smallest absolute Gasteiger partial charge is 0.190 e. The molecule has 4 rings (SSSR count). The molecule has 0 atom stereocenters. The van der Waals surface area contributed by atoms with Gasteiger partial charge >= 0.3 is 0 Å². The molecule has 1 fully saturated rings. The van der Waals surface area contributed by atoms with Crippen LogP contribution in [0.5, 0.6) is 5.75 Å². The highest BCUT2D eigenvalue weighted by Gasteiger charge is 2.22. The minimum absolute atomic E-state index is 0. The van der Waals surface area contributed by atoms with E-state index in [9.17, 15) is 4.53 Å². The first-order chi connectivity index (χ1) is 17.9. The molecule has 0 saturated carbocycles. The predicted octanol–water partition coefficient (Wildman–Crippen LogP) is 6.58. The highest BCUT2D eigenvalue weighted by Crippen LogP contribution is 2.31. The van der Waals surface area contributed by atoms with Crippen LogP contribution < -0.4 is 15.6 Å². The van der Waals surface area contributed by atoms with Gasteiger partial charge in [0.05, 0.1) is 11.9 Å². The van der Waals surface area contributed by atoms with Gasteiger partial charge in [-0.2, -0.15) is 5.10 Å². The number of thioether (sulfide) groups is 1. The molecule has 11 heteroatoms. The summed E-state index contributed by atoms with van der Waals surface area (Å²) in [4.78, 5) is 14.3. The monoisotopic (exact) mass is 556 g/mol. The molecule has 2 N–H and O–H groups in total. The van der Waals surface area contributed by atoms with E-state index in [1.54, 1.807) is 30.1 Å². The Kier molecular flexibility index (Phi) is 11.7. The average Bonchev–Trinajstić information content (AvgIpc) is 2.90. The topological polar surface area (TPSA) is 87.9 Å². The molecule has 0 aromatic heterocycles. The van der Waals surface area contributed by atoms with Crippen LogP contribution in [0, 0.1) is 20.8 Å². The van der Waals surface area contributed by atoms with Gasteiger partial charge in [-0.3, -0.25) is 14.4 Å². The molecule has 0 bridgehead atoms. The van der Waals surface area contributed by atoms with Crippen molar-refractivity contribution in [2.24, 2.45) is 25.9 Å². The Morgan fingerprint density at radius 1 is 1.00 bits per heavy atom. The molecule has 0 amide bonds. The molecule has 1 heterocycles. The molecule has 0 aliphatic carbocycles. The predicted molar refractivity (Wildman–Crippen MR) is 159 cm³/mol. The molecule has 0 radical (unpaired) electrons. The maximum Gasteiger partial charge on any atom is 0.190 e. The van der Waals surface area contributed by atoms with Crippen molar-refractivity contribution >= 4 is 46.7 Å². The molecular weight excluding hydrogens is 525 g/mol. The summed E-state index contributed by atoms with van der Waals surface area (Å²) in [7, 11) is 0. The van der Waals surface area contributed by atoms with Crippen LogP contribution in [0.2, 0.25) is 0 Å². The van der Waals surface area contributed by atoms with E-state index in [1.807, 2.05) is 24.3 Å². The Bertz CT molecular complexity index is 1340. The molecular formula is C28H31F3N6OS. The molecule has 7 nitrogen and oxygen atoms in total. The highest BCUT2D eigenvalue weighted by molar-refractivity contribution is 8.14. The second kappa shape index (κ2) is 14.7. The third-order valence-corrected chi connectivity index (χ3v) is 6.83. The Morgan fingerprint density at radius 2 is 1.67 bits per heavy atom. The number of aryl methyl sites for hydroxylation is 3. The second-order valence-electron chi connectivity index (χ2n) is 8.68. The van der Waals surface area contributed by atoms with Crippen LogP contribution in [0.25, 0.3) is 0 Å². The zero-order valence-electron chi connectivity index (χ0n) is 21.9. The molecule has 0 spiro atoms. The zero-order chi connectivity index (χ0) is 26.2. The van der Waals surface area contributed by atoms with Gasteiger partial charge in [0, 0.05) is 28.1 Å². The Labute approximate surface area is 230 Å². The van der Waals surface area contributed by atoms with Crippen molar-refractivity contribution in [1.82, 2.24) is 0 Å². The highest BCUT2D eigenvalue weighted by atomic mass is 32.2. The fraction of sp³-hybridized carbons (Fsp3) is 0.214. The molecule has 0 unspecified atom stereocenters. The Morgan fingerprint density at radius 3 is 2.31 bits per heavy atom. The van der Waals surface area contributed by atoms with E-state index < -0.39 is 0 Å². The van der Waals surface area contributed by atoms with Crippen LogP contribution in [0.3, 0.4) is 0 Å². The maximum absolute atomic E-state index is 12.1. The molecule has 1 aliphatic heterocycles. The Hall–Kier alpha value is -4.12. The summed E-state index contributed by atoms with van der Waals surface area (Å²) in [6.07, 6.45) is 4.20.